The molecule has 5 nitrogen and oxygen atoms in total. The van der Waals surface area contributed by atoms with Crippen LogP contribution in [-0.2, 0) is 6.18 Å². The number of ether oxygens (including phenoxy) is 1. The van der Waals surface area contributed by atoms with E-state index in [-0.39, 0.29) is 12.1 Å². The Morgan fingerprint density at radius 2 is 2.00 bits per heavy atom. The highest BCUT2D eigenvalue weighted by Crippen LogP contribution is 2.37. The van der Waals surface area contributed by atoms with E-state index in [1.165, 1.54) is 4.90 Å². The van der Waals surface area contributed by atoms with Crippen molar-refractivity contribution in [2.45, 2.75) is 38.0 Å². The lowest BCUT2D eigenvalue weighted by Gasteiger charge is -2.21. The molecule has 1 aromatic heterocycles. The smallest absolute Gasteiger partial charge is 0.423 e. The van der Waals surface area contributed by atoms with Gasteiger partial charge in [0, 0.05) is 18.9 Å². The molecule has 0 radical (unpaired) electrons. The molecule has 0 saturated heterocycles. The SMILES string of the molecule is CN(c1cccc(C#N)c1)c1ncc(C(F)(F)F)c(OC2CCCC2)n1. The van der Waals surface area contributed by atoms with Crippen LogP contribution >= 0.6 is 0 Å². The Labute approximate surface area is 149 Å². The molecule has 0 spiro atoms. The number of nitrogens with zero attached hydrogens (tertiary/aromatic N) is 4. The molecule has 136 valence electrons. The van der Waals surface area contributed by atoms with Crippen LogP contribution in [0.5, 0.6) is 5.88 Å². The van der Waals surface area contributed by atoms with Gasteiger partial charge in [0.1, 0.15) is 11.7 Å². The van der Waals surface area contributed by atoms with Crippen molar-refractivity contribution in [1.82, 2.24) is 9.97 Å². The minimum absolute atomic E-state index is 0.0705. The molecule has 0 bridgehead atoms. The van der Waals surface area contributed by atoms with Crippen LogP contribution in [0, 0.1) is 11.3 Å². The Balaban J connectivity index is 1.95. The van der Waals surface area contributed by atoms with Crippen molar-refractivity contribution in [3.8, 4) is 11.9 Å². The van der Waals surface area contributed by atoms with E-state index in [0.717, 1.165) is 31.9 Å². The number of aromatic nitrogens is 2. The van der Waals surface area contributed by atoms with Crippen LogP contribution < -0.4 is 9.64 Å². The van der Waals surface area contributed by atoms with E-state index in [2.05, 4.69) is 9.97 Å². The summed E-state index contributed by atoms with van der Waals surface area (Å²) in [6, 6.07) is 8.68. The average Bonchev–Trinajstić information content (AvgIpc) is 3.13. The van der Waals surface area contributed by atoms with Crippen molar-refractivity contribution >= 4 is 11.6 Å². The topological polar surface area (TPSA) is 62.0 Å². The Hall–Kier alpha value is -2.82. The van der Waals surface area contributed by atoms with E-state index in [1.807, 2.05) is 6.07 Å². The minimum atomic E-state index is -4.59. The molecule has 8 heteroatoms. The molecular weight excluding hydrogens is 345 g/mol. The van der Waals surface area contributed by atoms with Crippen LogP contribution in [0.2, 0.25) is 0 Å². The van der Waals surface area contributed by atoms with E-state index in [1.54, 1.807) is 31.3 Å². The lowest BCUT2D eigenvalue weighted by Crippen LogP contribution is -2.20. The molecule has 1 heterocycles. The molecule has 1 aliphatic rings. The Morgan fingerprint density at radius 1 is 1.27 bits per heavy atom. The van der Waals surface area contributed by atoms with Crippen molar-refractivity contribution < 1.29 is 17.9 Å². The molecule has 0 amide bonds. The number of alkyl halides is 3. The first-order valence-electron chi connectivity index (χ1n) is 8.23. The predicted octanol–water partition coefficient (Wildman–Crippen LogP) is 4.46. The van der Waals surface area contributed by atoms with Gasteiger partial charge in [0.2, 0.25) is 11.8 Å². The lowest BCUT2D eigenvalue weighted by atomic mass is 10.2. The quantitative estimate of drug-likeness (QED) is 0.804. The van der Waals surface area contributed by atoms with Crippen LogP contribution in [0.15, 0.2) is 30.5 Å². The highest BCUT2D eigenvalue weighted by molar-refractivity contribution is 5.59. The van der Waals surface area contributed by atoms with Gasteiger partial charge in [-0.15, -0.1) is 0 Å². The fourth-order valence-electron chi connectivity index (χ4n) is 2.87. The Kier molecular flexibility index (Phi) is 4.98. The second kappa shape index (κ2) is 7.20. The molecule has 1 saturated carbocycles. The first kappa shape index (κ1) is 18.0. The number of nitriles is 1. The summed E-state index contributed by atoms with van der Waals surface area (Å²) in [5.41, 5.74) is 0.0478. The third-order valence-electron chi connectivity index (χ3n) is 4.29. The van der Waals surface area contributed by atoms with Crippen molar-refractivity contribution in [3.05, 3.63) is 41.6 Å². The van der Waals surface area contributed by atoms with Gasteiger partial charge in [-0.25, -0.2) is 4.98 Å². The maximum Gasteiger partial charge on any atom is 0.423 e. The Bertz CT molecular complexity index is 826. The first-order chi connectivity index (χ1) is 12.4. The highest BCUT2D eigenvalue weighted by Gasteiger charge is 2.37. The van der Waals surface area contributed by atoms with Crippen molar-refractivity contribution in [2.75, 3.05) is 11.9 Å². The summed E-state index contributed by atoms with van der Waals surface area (Å²) >= 11 is 0. The molecule has 1 fully saturated rings. The zero-order valence-corrected chi connectivity index (χ0v) is 14.1. The molecule has 1 aliphatic carbocycles. The fraction of sp³-hybridized carbons (Fsp3) is 0.389. The highest BCUT2D eigenvalue weighted by atomic mass is 19.4. The van der Waals surface area contributed by atoms with E-state index in [9.17, 15) is 13.2 Å². The second-order valence-electron chi connectivity index (χ2n) is 6.13. The second-order valence-corrected chi connectivity index (χ2v) is 6.13. The van der Waals surface area contributed by atoms with Gasteiger partial charge in [0.05, 0.1) is 11.6 Å². The summed E-state index contributed by atoms with van der Waals surface area (Å²) in [7, 11) is 1.62. The summed E-state index contributed by atoms with van der Waals surface area (Å²) in [5.74, 6) is -0.376. The summed E-state index contributed by atoms with van der Waals surface area (Å²) in [6.07, 6.45) is -0.794. The molecule has 0 atom stereocenters. The zero-order valence-electron chi connectivity index (χ0n) is 14.1. The van der Waals surface area contributed by atoms with Crippen LogP contribution in [0.4, 0.5) is 24.8 Å². The van der Waals surface area contributed by atoms with Gasteiger partial charge in [-0.3, -0.25) is 0 Å². The fourth-order valence-corrected chi connectivity index (χ4v) is 2.87. The summed E-state index contributed by atoms with van der Waals surface area (Å²) < 4.78 is 45.4. The third kappa shape index (κ3) is 3.87. The molecule has 2 aromatic rings. The van der Waals surface area contributed by atoms with Gasteiger partial charge in [0.15, 0.2) is 0 Å². The predicted molar refractivity (Wildman–Crippen MR) is 89.1 cm³/mol. The third-order valence-corrected chi connectivity index (χ3v) is 4.29. The number of benzene rings is 1. The first-order valence-corrected chi connectivity index (χ1v) is 8.23. The molecular formula is C18H17F3N4O. The number of rotatable bonds is 4. The van der Waals surface area contributed by atoms with E-state index >= 15 is 0 Å². The number of hydrogen-bond acceptors (Lipinski definition) is 5. The van der Waals surface area contributed by atoms with Gasteiger partial charge < -0.3 is 9.64 Å². The molecule has 26 heavy (non-hydrogen) atoms. The maximum absolute atomic E-state index is 13.3. The van der Waals surface area contributed by atoms with Gasteiger partial charge >= 0.3 is 6.18 Å². The number of hydrogen-bond donors (Lipinski definition) is 0. The van der Waals surface area contributed by atoms with Crippen LogP contribution in [0.25, 0.3) is 0 Å². The minimum Gasteiger partial charge on any atom is -0.474 e. The monoisotopic (exact) mass is 362 g/mol. The van der Waals surface area contributed by atoms with Gasteiger partial charge in [-0.2, -0.15) is 23.4 Å². The normalized spacial score (nSPS) is 14.9. The zero-order chi connectivity index (χ0) is 18.7. The van der Waals surface area contributed by atoms with Gasteiger partial charge in [-0.05, 0) is 43.9 Å². The maximum atomic E-state index is 13.3. The summed E-state index contributed by atoms with van der Waals surface area (Å²) in [4.78, 5) is 9.38. The average molecular weight is 362 g/mol. The van der Waals surface area contributed by atoms with E-state index < -0.39 is 17.6 Å². The van der Waals surface area contributed by atoms with Crippen molar-refractivity contribution in [3.63, 3.8) is 0 Å². The van der Waals surface area contributed by atoms with Crippen LogP contribution in [-0.4, -0.2) is 23.1 Å². The Morgan fingerprint density at radius 3 is 2.65 bits per heavy atom. The molecule has 0 unspecified atom stereocenters. The number of halogens is 3. The molecule has 1 aromatic carbocycles. The van der Waals surface area contributed by atoms with Crippen molar-refractivity contribution in [2.24, 2.45) is 0 Å². The standard InChI is InChI=1S/C18H17F3N4O/c1-25(13-6-4-5-12(9-13)10-22)17-23-11-15(18(19,20)21)16(24-17)26-14-7-2-3-8-14/h4-6,9,11,14H,2-3,7-8H2,1H3. The molecule has 3 rings (SSSR count). The van der Waals surface area contributed by atoms with E-state index in [0.29, 0.717) is 11.3 Å². The number of anilines is 2. The molecule has 0 aliphatic heterocycles. The van der Waals surface area contributed by atoms with E-state index in [4.69, 9.17) is 10.00 Å². The van der Waals surface area contributed by atoms with Gasteiger partial charge in [0.25, 0.3) is 0 Å². The summed E-state index contributed by atoms with van der Waals surface area (Å²) in [6.45, 7) is 0. The lowest BCUT2D eigenvalue weighted by molar-refractivity contribution is -0.139. The largest absolute Gasteiger partial charge is 0.474 e. The van der Waals surface area contributed by atoms with Crippen LogP contribution in [0.3, 0.4) is 0 Å². The van der Waals surface area contributed by atoms with Crippen molar-refractivity contribution in [1.29, 1.82) is 5.26 Å². The summed E-state index contributed by atoms with van der Waals surface area (Å²) in [5, 5.41) is 9.00. The van der Waals surface area contributed by atoms with Crippen LogP contribution in [0.1, 0.15) is 36.8 Å². The van der Waals surface area contributed by atoms with Gasteiger partial charge in [-0.1, -0.05) is 6.07 Å². The molecule has 0 N–H and O–H groups in total.